The highest BCUT2D eigenvalue weighted by Gasteiger charge is 2.20. The highest BCUT2D eigenvalue weighted by Crippen LogP contribution is 2.22. The zero-order chi connectivity index (χ0) is 18.4. The number of aromatic amines is 1. The van der Waals surface area contributed by atoms with Gasteiger partial charge in [-0.2, -0.15) is 5.10 Å². The van der Waals surface area contributed by atoms with E-state index in [2.05, 4.69) is 20.5 Å². The molecule has 0 radical (unpaired) electrons. The van der Waals surface area contributed by atoms with Gasteiger partial charge in [-0.15, -0.1) is 0 Å². The van der Waals surface area contributed by atoms with Crippen LogP contribution >= 0.6 is 0 Å². The largest absolute Gasteiger partial charge is 0.365 e. The normalized spacial score (nSPS) is 16.8. The minimum Gasteiger partial charge on any atom is -0.365 e. The molecule has 1 saturated carbocycles. The molecular formula is C19H27N5O2. The number of amides is 1. The van der Waals surface area contributed by atoms with Crippen molar-refractivity contribution in [3.63, 3.8) is 0 Å². The number of rotatable bonds is 6. The summed E-state index contributed by atoms with van der Waals surface area (Å²) in [6.45, 7) is 2.14. The summed E-state index contributed by atoms with van der Waals surface area (Å²) in [5, 5.41) is 9.82. The fraction of sp³-hybridized carbons (Fsp3) is 0.526. The standard InChI is InChI=1S/C19H27N5O2/c1-13(26-16-6-4-2-3-5-7-16)19(25)21-15-10-8-14(9-11-15)18-22-17(12-20)23-24-18/h8-11,13,16H,2-7,12,20H2,1H3,(H,21,25)(H,22,23,24). The van der Waals surface area contributed by atoms with Crippen LogP contribution < -0.4 is 11.1 Å². The molecule has 1 unspecified atom stereocenters. The van der Waals surface area contributed by atoms with Gasteiger partial charge in [-0.3, -0.25) is 9.89 Å². The lowest BCUT2D eigenvalue weighted by Gasteiger charge is -2.20. The minimum absolute atomic E-state index is 0.120. The number of carbonyl (C=O) groups excluding carboxylic acids is 1. The van der Waals surface area contributed by atoms with Gasteiger partial charge in [0.25, 0.3) is 5.91 Å². The second-order valence-corrected chi connectivity index (χ2v) is 6.77. The molecule has 1 aliphatic rings. The number of nitrogens with one attached hydrogen (secondary N) is 2. The molecule has 2 aromatic rings. The molecule has 0 aliphatic heterocycles. The number of aromatic nitrogens is 3. The number of H-pyrrole nitrogens is 1. The van der Waals surface area contributed by atoms with E-state index in [-0.39, 0.29) is 12.0 Å². The Hall–Kier alpha value is -2.25. The lowest BCUT2D eigenvalue weighted by molar-refractivity contribution is -0.130. The Morgan fingerprint density at radius 3 is 2.58 bits per heavy atom. The maximum absolute atomic E-state index is 12.4. The third-order valence-electron chi connectivity index (χ3n) is 4.70. The molecule has 26 heavy (non-hydrogen) atoms. The third kappa shape index (κ3) is 4.89. The molecule has 1 heterocycles. The third-order valence-corrected chi connectivity index (χ3v) is 4.70. The smallest absolute Gasteiger partial charge is 0.253 e. The molecule has 4 N–H and O–H groups in total. The predicted octanol–water partition coefficient (Wildman–Crippen LogP) is 3.00. The summed E-state index contributed by atoms with van der Waals surface area (Å²) in [5.74, 6) is 1.11. The first-order valence-electron chi connectivity index (χ1n) is 9.34. The van der Waals surface area contributed by atoms with Crippen molar-refractivity contribution in [1.82, 2.24) is 15.2 Å². The van der Waals surface area contributed by atoms with Crippen LogP contribution in [0.2, 0.25) is 0 Å². The lowest BCUT2D eigenvalue weighted by atomic mass is 10.1. The van der Waals surface area contributed by atoms with E-state index in [0.29, 0.717) is 18.2 Å². The van der Waals surface area contributed by atoms with Crippen molar-refractivity contribution in [3.05, 3.63) is 30.1 Å². The fourth-order valence-corrected chi connectivity index (χ4v) is 3.19. The maximum Gasteiger partial charge on any atom is 0.253 e. The molecule has 1 fully saturated rings. The van der Waals surface area contributed by atoms with Gasteiger partial charge in [0.1, 0.15) is 11.9 Å². The van der Waals surface area contributed by atoms with Gasteiger partial charge in [0, 0.05) is 11.3 Å². The molecule has 7 nitrogen and oxygen atoms in total. The molecule has 1 atom stereocenters. The summed E-state index contributed by atoms with van der Waals surface area (Å²) in [7, 11) is 0. The van der Waals surface area contributed by atoms with Crippen LogP contribution in [0.5, 0.6) is 0 Å². The van der Waals surface area contributed by atoms with Crippen LogP contribution in [-0.4, -0.2) is 33.3 Å². The average Bonchev–Trinajstić information content (AvgIpc) is 3.00. The van der Waals surface area contributed by atoms with Gasteiger partial charge in [0.2, 0.25) is 0 Å². The molecule has 0 saturated heterocycles. The second-order valence-electron chi connectivity index (χ2n) is 6.77. The predicted molar refractivity (Wildman–Crippen MR) is 100 cm³/mol. The number of nitrogens with zero attached hydrogens (tertiary/aromatic N) is 2. The Kier molecular flexibility index (Phi) is 6.35. The maximum atomic E-state index is 12.4. The van der Waals surface area contributed by atoms with E-state index >= 15 is 0 Å². The van der Waals surface area contributed by atoms with Crippen molar-refractivity contribution in [2.75, 3.05) is 5.32 Å². The number of carbonyl (C=O) groups is 1. The van der Waals surface area contributed by atoms with Crippen molar-refractivity contribution in [2.45, 2.75) is 64.2 Å². The van der Waals surface area contributed by atoms with Gasteiger partial charge in [-0.1, -0.05) is 25.7 Å². The van der Waals surface area contributed by atoms with E-state index in [1.54, 1.807) is 0 Å². The number of nitrogens with two attached hydrogens (primary N) is 1. The molecule has 3 rings (SSSR count). The molecule has 1 aromatic heterocycles. The minimum atomic E-state index is -0.460. The first kappa shape index (κ1) is 18.5. The number of anilines is 1. The van der Waals surface area contributed by atoms with Crippen LogP contribution in [0.15, 0.2) is 24.3 Å². The Morgan fingerprint density at radius 1 is 1.27 bits per heavy atom. The number of benzene rings is 1. The van der Waals surface area contributed by atoms with Crippen molar-refractivity contribution in [2.24, 2.45) is 5.73 Å². The van der Waals surface area contributed by atoms with Crippen molar-refractivity contribution < 1.29 is 9.53 Å². The summed E-state index contributed by atoms with van der Waals surface area (Å²) in [6.07, 6.45) is 6.75. The molecule has 1 amide bonds. The first-order chi connectivity index (χ1) is 12.7. The second kappa shape index (κ2) is 8.91. The first-order valence-corrected chi connectivity index (χ1v) is 9.34. The van der Waals surface area contributed by atoms with E-state index < -0.39 is 6.10 Å². The van der Waals surface area contributed by atoms with Gasteiger partial charge in [-0.25, -0.2) is 4.98 Å². The highest BCUT2D eigenvalue weighted by atomic mass is 16.5. The van der Waals surface area contributed by atoms with Crippen LogP contribution in [0.4, 0.5) is 5.69 Å². The summed E-state index contributed by atoms with van der Waals surface area (Å²) in [4.78, 5) is 16.7. The van der Waals surface area contributed by atoms with Gasteiger partial charge >= 0.3 is 0 Å². The molecule has 1 aliphatic carbocycles. The van der Waals surface area contributed by atoms with E-state index in [0.717, 1.165) is 24.1 Å². The van der Waals surface area contributed by atoms with Gasteiger partial charge in [0.15, 0.2) is 5.82 Å². The Balaban J connectivity index is 1.55. The Labute approximate surface area is 153 Å². The van der Waals surface area contributed by atoms with Crippen LogP contribution in [0, 0.1) is 0 Å². The highest BCUT2D eigenvalue weighted by molar-refractivity contribution is 5.94. The van der Waals surface area contributed by atoms with Crippen LogP contribution in [0.3, 0.4) is 0 Å². The summed E-state index contributed by atoms with van der Waals surface area (Å²) in [6, 6.07) is 7.42. The van der Waals surface area contributed by atoms with E-state index in [4.69, 9.17) is 10.5 Å². The zero-order valence-corrected chi connectivity index (χ0v) is 15.2. The van der Waals surface area contributed by atoms with Gasteiger partial charge in [-0.05, 0) is 44.0 Å². The van der Waals surface area contributed by atoms with Crippen LogP contribution in [-0.2, 0) is 16.1 Å². The van der Waals surface area contributed by atoms with E-state index in [1.807, 2.05) is 31.2 Å². The number of hydrogen-bond acceptors (Lipinski definition) is 5. The topological polar surface area (TPSA) is 106 Å². The van der Waals surface area contributed by atoms with Crippen LogP contribution in [0.25, 0.3) is 11.4 Å². The lowest BCUT2D eigenvalue weighted by Crippen LogP contribution is -2.31. The van der Waals surface area contributed by atoms with Crippen molar-refractivity contribution in [3.8, 4) is 11.4 Å². The molecular weight excluding hydrogens is 330 g/mol. The molecule has 1 aromatic carbocycles. The zero-order valence-electron chi connectivity index (χ0n) is 15.2. The quantitative estimate of drug-likeness (QED) is 0.689. The van der Waals surface area contributed by atoms with Gasteiger partial charge in [0.05, 0.1) is 12.6 Å². The van der Waals surface area contributed by atoms with Crippen LogP contribution in [0.1, 0.15) is 51.3 Å². The van der Waals surface area contributed by atoms with Crippen molar-refractivity contribution >= 4 is 11.6 Å². The van der Waals surface area contributed by atoms with E-state index in [9.17, 15) is 4.79 Å². The number of hydrogen-bond donors (Lipinski definition) is 3. The van der Waals surface area contributed by atoms with Gasteiger partial charge < -0.3 is 15.8 Å². The summed E-state index contributed by atoms with van der Waals surface area (Å²) >= 11 is 0. The monoisotopic (exact) mass is 357 g/mol. The average molecular weight is 357 g/mol. The Bertz CT molecular complexity index is 705. The Morgan fingerprint density at radius 2 is 1.96 bits per heavy atom. The van der Waals surface area contributed by atoms with Crippen molar-refractivity contribution in [1.29, 1.82) is 0 Å². The number of ether oxygens (including phenoxy) is 1. The summed E-state index contributed by atoms with van der Waals surface area (Å²) in [5.41, 5.74) is 7.12. The molecule has 0 spiro atoms. The fourth-order valence-electron chi connectivity index (χ4n) is 3.19. The molecule has 7 heteroatoms. The SMILES string of the molecule is CC(OC1CCCCCC1)C(=O)Nc1ccc(-c2n[nH]c(CN)n2)cc1. The molecule has 0 bridgehead atoms. The molecule has 140 valence electrons. The summed E-state index contributed by atoms with van der Waals surface area (Å²) < 4.78 is 5.97. The van der Waals surface area contributed by atoms with E-state index in [1.165, 1.54) is 25.7 Å².